The predicted octanol–water partition coefficient (Wildman–Crippen LogP) is 4.72. The number of hydrogen-bond donors (Lipinski definition) is 2. The number of hydrogen-bond acceptors (Lipinski definition) is 3. The standard InChI is InChI=1S/C24H23ClN2O3/c1-17(30-20-11-7-10-19(25)16-20)23(28)27-22-13-6-5-12-21(22)24(29)26-15-14-18-8-3-2-4-9-18/h2-13,16-17H,14-15H2,1H3,(H,26,29)(H,27,28)/t17-/m1/s1. The van der Waals surface area contributed by atoms with Crippen molar-refractivity contribution in [1.82, 2.24) is 5.32 Å². The molecule has 0 aliphatic carbocycles. The predicted molar refractivity (Wildman–Crippen MR) is 119 cm³/mol. The van der Waals surface area contributed by atoms with Crippen LogP contribution in [0.15, 0.2) is 78.9 Å². The van der Waals surface area contributed by atoms with Gasteiger partial charge in [0, 0.05) is 11.6 Å². The van der Waals surface area contributed by atoms with E-state index >= 15 is 0 Å². The molecule has 2 N–H and O–H groups in total. The summed E-state index contributed by atoms with van der Waals surface area (Å²) in [6.07, 6.45) is -0.0383. The first-order valence-corrected chi connectivity index (χ1v) is 10.0. The van der Waals surface area contributed by atoms with Crippen LogP contribution in [0.4, 0.5) is 5.69 Å². The summed E-state index contributed by atoms with van der Waals surface area (Å²) >= 11 is 5.95. The van der Waals surface area contributed by atoms with Crippen molar-refractivity contribution in [3.8, 4) is 5.75 Å². The molecule has 5 nitrogen and oxygen atoms in total. The summed E-state index contributed by atoms with van der Waals surface area (Å²) < 4.78 is 5.65. The van der Waals surface area contributed by atoms with Crippen LogP contribution in [0.5, 0.6) is 5.75 Å². The lowest BCUT2D eigenvalue weighted by atomic mass is 10.1. The summed E-state index contributed by atoms with van der Waals surface area (Å²) in [6.45, 7) is 2.14. The molecule has 0 aliphatic heterocycles. The van der Waals surface area contributed by atoms with Gasteiger partial charge < -0.3 is 15.4 Å². The first-order valence-electron chi connectivity index (χ1n) is 9.67. The fraction of sp³-hybridized carbons (Fsp3) is 0.167. The topological polar surface area (TPSA) is 67.4 Å². The van der Waals surface area contributed by atoms with Gasteiger partial charge in [0.15, 0.2) is 6.10 Å². The maximum absolute atomic E-state index is 12.6. The van der Waals surface area contributed by atoms with E-state index in [-0.39, 0.29) is 11.8 Å². The summed E-state index contributed by atoms with van der Waals surface area (Å²) in [7, 11) is 0. The van der Waals surface area contributed by atoms with Crippen molar-refractivity contribution in [2.24, 2.45) is 0 Å². The van der Waals surface area contributed by atoms with Crippen LogP contribution >= 0.6 is 11.6 Å². The Morgan fingerprint density at radius 3 is 2.47 bits per heavy atom. The van der Waals surface area contributed by atoms with Crippen LogP contribution in [0.2, 0.25) is 5.02 Å². The summed E-state index contributed by atoms with van der Waals surface area (Å²) in [5.74, 6) is -0.109. The number of para-hydroxylation sites is 1. The number of amides is 2. The minimum absolute atomic E-state index is 0.245. The van der Waals surface area contributed by atoms with Crippen LogP contribution < -0.4 is 15.4 Å². The van der Waals surface area contributed by atoms with E-state index in [1.54, 1.807) is 55.5 Å². The van der Waals surface area contributed by atoms with Crippen molar-refractivity contribution in [3.05, 3.63) is 95.0 Å². The van der Waals surface area contributed by atoms with Gasteiger partial charge in [-0.1, -0.05) is 60.1 Å². The van der Waals surface area contributed by atoms with Crippen molar-refractivity contribution in [1.29, 1.82) is 0 Å². The fourth-order valence-electron chi connectivity index (χ4n) is 2.88. The van der Waals surface area contributed by atoms with Crippen molar-refractivity contribution in [3.63, 3.8) is 0 Å². The number of halogens is 1. The molecule has 0 heterocycles. The van der Waals surface area contributed by atoms with Crippen LogP contribution in [0.25, 0.3) is 0 Å². The maximum Gasteiger partial charge on any atom is 0.265 e. The highest BCUT2D eigenvalue weighted by atomic mass is 35.5. The molecule has 2 amide bonds. The summed E-state index contributed by atoms with van der Waals surface area (Å²) in [5.41, 5.74) is 1.97. The molecule has 3 aromatic rings. The molecule has 0 spiro atoms. The van der Waals surface area contributed by atoms with Crippen LogP contribution in [0, 0.1) is 0 Å². The molecule has 0 bridgehead atoms. The molecule has 0 saturated carbocycles. The zero-order chi connectivity index (χ0) is 21.3. The number of carbonyl (C=O) groups excluding carboxylic acids is 2. The molecule has 0 fully saturated rings. The Balaban J connectivity index is 1.59. The lowest BCUT2D eigenvalue weighted by Crippen LogP contribution is -2.32. The third kappa shape index (κ3) is 6.09. The summed E-state index contributed by atoms with van der Waals surface area (Å²) in [4.78, 5) is 25.2. The second-order valence-electron chi connectivity index (χ2n) is 6.74. The van der Waals surface area contributed by atoms with Crippen molar-refractivity contribution < 1.29 is 14.3 Å². The number of anilines is 1. The first kappa shape index (κ1) is 21.4. The molecule has 3 aromatic carbocycles. The molecule has 0 saturated heterocycles. The average molecular weight is 423 g/mol. The molecule has 6 heteroatoms. The Morgan fingerprint density at radius 2 is 1.70 bits per heavy atom. The van der Waals surface area contributed by atoms with E-state index in [4.69, 9.17) is 16.3 Å². The van der Waals surface area contributed by atoms with E-state index in [0.29, 0.717) is 28.6 Å². The van der Waals surface area contributed by atoms with Gasteiger partial charge in [-0.2, -0.15) is 0 Å². The molecule has 0 radical (unpaired) electrons. The van der Waals surface area contributed by atoms with Crippen LogP contribution in [0.3, 0.4) is 0 Å². The second-order valence-corrected chi connectivity index (χ2v) is 7.18. The summed E-state index contributed by atoms with van der Waals surface area (Å²) in [6, 6.07) is 23.6. The molecule has 0 unspecified atom stereocenters. The van der Waals surface area contributed by atoms with Crippen molar-refractivity contribution >= 4 is 29.1 Å². The second kappa shape index (κ2) is 10.5. The molecule has 154 valence electrons. The maximum atomic E-state index is 12.6. The van der Waals surface area contributed by atoms with Gasteiger partial charge in [0.2, 0.25) is 0 Å². The van der Waals surface area contributed by atoms with Gasteiger partial charge in [-0.15, -0.1) is 0 Å². The number of ether oxygens (including phenoxy) is 1. The Hall–Kier alpha value is -3.31. The SMILES string of the molecule is C[C@@H](Oc1cccc(Cl)c1)C(=O)Nc1ccccc1C(=O)NCCc1ccccc1. The Morgan fingerprint density at radius 1 is 0.967 bits per heavy atom. The van der Waals surface area contributed by atoms with E-state index in [0.717, 1.165) is 12.0 Å². The normalized spacial score (nSPS) is 11.4. The highest BCUT2D eigenvalue weighted by Gasteiger charge is 2.18. The van der Waals surface area contributed by atoms with Crippen molar-refractivity contribution in [2.75, 3.05) is 11.9 Å². The Labute approximate surface area is 181 Å². The minimum Gasteiger partial charge on any atom is -0.481 e. The average Bonchev–Trinajstić information content (AvgIpc) is 2.75. The number of carbonyl (C=O) groups is 2. The monoisotopic (exact) mass is 422 g/mol. The lowest BCUT2D eigenvalue weighted by molar-refractivity contribution is -0.122. The molecular formula is C24H23ClN2O3. The van der Waals surface area contributed by atoms with Crippen LogP contribution in [-0.2, 0) is 11.2 Å². The minimum atomic E-state index is -0.766. The third-order valence-electron chi connectivity index (χ3n) is 4.45. The molecule has 0 aliphatic rings. The Kier molecular flexibility index (Phi) is 7.46. The number of nitrogens with one attached hydrogen (secondary N) is 2. The molecule has 30 heavy (non-hydrogen) atoms. The van der Waals surface area contributed by atoms with E-state index in [2.05, 4.69) is 10.6 Å². The van der Waals surface area contributed by atoms with E-state index in [1.165, 1.54) is 0 Å². The van der Waals surface area contributed by atoms with Crippen LogP contribution in [0.1, 0.15) is 22.8 Å². The molecule has 0 aromatic heterocycles. The molecule has 1 atom stereocenters. The zero-order valence-corrected chi connectivity index (χ0v) is 17.4. The van der Waals surface area contributed by atoms with Crippen LogP contribution in [-0.4, -0.2) is 24.5 Å². The van der Waals surface area contributed by atoms with Gasteiger partial charge in [-0.3, -0.25) is 9.59 Å². The first-order chi connectivity index (χ1) is 14.5. The van der Waals surface area contributed by atoms with Crippen molar-refractivity contribution in [2.45, 2.75) is 19.4 Å². The third-order valence-corrected chi connectivity index (χ3v) is 4.68. The van der Waals surface area contributed by atoms with Gasteiger partial charge in [0.05, 0.1) is 11.3 Å². The largest absolute Gasteiger partial charge is 0.481 e. The number of rotatable bonds is 8. The lowest BCUT2D eigenvalue weighted by Gasteiger charge is -2.16. The Bertz CT molecular complexity index is 1010. The fourth-order valence-corrected chi connectivity index (χ4v) is 3.06. The smallest absolute Gasteiger partial charge is 0.265 e. The van der Waals surface area contributed by atoms with Gasteiger partial charge in [0.1, 0.15) is 5.75 Å². The molecular weight excluding hydrogens is 400 g/mol. The highest BCUT2D eigenvalue weighted by Crippen LogP contribution is 2.20. The van der Waals surface area contributed by atoms with Gasteiger partial charge in [-0.05, 0) is 49.2 Å². The van der Waals surface area contributed by atoms with E-state index in [9.17, 15) is 9.59 Å². The van der Waals surface area contributed by atoms with E-state index in [1.807, 2.05) is 30.3 Å². The van der Waals surface area contributed by atoms with Gasteiger partial charge in [-0.25, -0.2) is 0 Å². The quantitative estimate of drug-likeness (QED) is 0.552. The molecule has 3 rings (SSSR count). The van der Waals surface area contributed by atoms with Gasteiger partial charge in [0.25, 0.3) is 11.8 Å². The van der Waals surface area contributed by atoms with E-state index < -0.39 is 6.10 Å². The zero-order valence-electron chi connectivity index (χ0n) is 16.6. The number of benzene rings is 3. The van der Waals surface area contributed by atoms with Gasteiger partial charge >= 0.3 is 0 Å². The highest BCUT2D eigenvalue weighted by molar-refractivity contribution is 6.30. The summed E-state index contributed by atoms with van der Waals surface area (Å²) in [5, 5.41) is 6.20.